The minimum absolute atomic E-state index is 0. The molecule has 1 heterocycles. The summed E-state index contributed by atoms with van der Waals surface area (Å²) in [5, 5.41) is 14.1. The van der Waals surface area contributed by atoms with Crippen LogP contribution in [0.15, 0.2) is 29.3 Å². The third-order valence-electron chi connectivity index (χ3n) is 4.36. The standard InChI is InChI=1S/C17H26N4O3.HI/c1-18-17(20(2)9-6-14-7-10-24-11-8-14)19-13-15-4-3-5-16(12-15)21(22)23;/h3-5,12,14H,6-11,13H2,1-2H3,(H,18,19);1H. The smallest absolute Gasteiger partial charge is 0.269 e. The average Bonchev–Trinajstić information content (AvgIpc) is 2.61. The van der Waals surface area contributed by atoms with E-state index in [1.165, 1.54) is 6.07 Å². The van der Waals surface area contributed by atoms with Crippen LogP contribution in [-0.2, 0) is 11.3 Å². The lowest BCUT2D eigenvalue weighted by atomic mass is 9.96. The molecule has 1 aromatic carbocycles. The monoisotopic (exact) mass is 462 g/mol. The van der Waals surface area contributed by atoms with Gasteiger partial charge in [0, 0.05) is 52.5 Å². The van der Waals surface area contributed by atoms with Gasteiger partial charge in [0.2, 0.25) is 0 Å². The highest BCUT2D eigenvalue weighted by molar-refractivity contribution is 14.0. The number of nitro groups is 1. The van der Waals surface area contributed by atoms with Gasteiger partial charge in [-0.3, -0.25) is 15.1 Å². The molecule has 1 N–H and O–H groups in total. The fourth-order valence-electron chi connectivity index (χ4n) is 2.86. The van der Waals surface area contributed by atoms with Crippen molar-refractivity contribution in [3.05, 3.63) is 39.9 Å². The van der Waals surface area contributed by atoms with Gasteiger partial charge in [-0.1, -0.05) is 12.1 Å². The van der Waals surface area contributed by atoms with Crippen molar-refractivity contribution in [2.75, 3.05) is 33.9 Å². The number of guanidine groups is 1. The summed E-state index contributed by atoms with van der Waals surface area (Å²) in [6.07, 6.45) is 3.39. The summed E-state index contributed by atoms with van der Waals surface area (Å²) in [6.45, 7) is 3.18. The molecule has 7 nitrogen and oxygen atoms in total. The molecule has 1 aromatic rings. The second-order valence-electron chi connectivity index (χ2n) is 6.09. The zero-order chi connectivity index (χ0) is 17.4. The van der Waals surface area contributed by atoms with Crippen molar-refractivity contribution in [3.8, 4) is 0 Å². The van der Waals surface area contributed by atoms with Crippen molar-refractivity contribution in [3.63, 3.8) is 0 Å². The van der Waals surface area contributed by atoms with Gasteiger partial charge < -0.3 is 15.0 Å². The van der Waals surface area contributed by atoms with E-state index in [1.807, 2.05) is 13.1 Å². The quantitative estimate of drug-likeness (QED) is 0.231. The number of ether oxygens (including phenoxy) is 1. The molecule has 1 aliphatic rings. The van der Waals surface area contributed by atoms with Gasteiger partial charge in [-0.05, 0) is 30.7 Å². The summed E-state index contributed by atoms with van der Waals surface area (Å²) in [6, 6.07) is 6.66. The predicted octanol–water partition coefficient (Wildman–Crippen LogP) is 3.04. The van der Waals surface area contributed by atoms with Gasteiger partial charge in [0.1, 0.15) is 0 Å². The Morgan fingerprint density at radius 2 is 2.16 bits per heavy atom. The highest BCUT2D eigenvalue weighted by atomic mass is 127. The SMILES string of the molecule is CN=C(NCc1cccc([N+](=O)[O-])c1)N(C)CCC1CCOCC1.I. The zero-order valence-electron chi connectivity index (χ0n) is 14.8. The van der Waals surface area contributed by atoms with E-state index in [0.29, 0.717) is 6.54 Å². The molecule has 25 heavy (non-hydrogen) atoms. The summed E-state index contributed by atoms with van der Waals surface area (Å²) < 4.78 is 5.39. The number of nitrogens with zero attached hydrogens (tertiary/aromatic N) is 3. The zero-order valence-corrected chi connectivity index (χ0v) is 17.1. The number of benzene rings is 1. The topological polar surface area (TPSA) is 80.0 Å². The number of rotatable bonds is 6. The number of halogens is 1. The lowest BCUT2D eigenvalue weighted by molar-refractivity contribution is -0.384. The molecule has 1 saturated heterocycles. The molecule has 1 aliphatic heterocycles. The number of hydrogen-bond acceptors (Lipinski definition) is 4. The van der Waals surface area contributed by atoms with Crippen LogP contribution in [0, 0.1) is 16.0 Å². The molecule has 1 fully saturated rings. The first-order valence-electron chi connectivity index (χ1n) is 8.33. The Morgan fingerprint density at radius 3 is 2.80 bits per heavy atom. The van der Waals surface area contributed by atoms with Crippen molar-refractivity contribution < 1.29 is 9.66 Å². The van der Waals surface area contributed by atoms with Crippen LogP contribution < -0.4 is 5.32 Å². The van der Waals surface area contributed by atoms with Crippen LogP contribution in [-0.4, -0.2) is 49.6 Å². The molecule has 0 bridgehead atoms. The van der Waals surface area contributed by atoms with Crippen molar-refractivity contribution in [2.45, 2.75) is 25.8 Å². The Balaban J connectivity index is 0.00000312. The molecule has 0 amide bonds. The molecule has 0 spiro atoms. The van der Waals surface area contributed by atoms with Crippen molar-refractivity contribution >= 4 is 35.6 Å². The number of non-ortho nitro benzene ring substituents is 1. The maximum Gasteiger partial charge on any atom is 0.269 e. The van der Waals surface area contributed by atoms with E-state index < -0.39 is 0 Å². The molecule has 0 unspecified atom stereocenters. The van der Waals surface area contributed by atoms with Crippen LogP contribution >= 0.6 is 24.0 Å². The average molecular weight is 462 g/mol. The predicted molar refractivity (Wildman–Crippen MR) is 110 cm³/mol. The Hall–Kier alpha value is -1.42. The van der Waals surface area contributed by atoms with Crippen LogP contribution in [0.25, 0.3) is 0 Å². The van der Waals surface area contributed by atoms with Crippen molar-refractivity contribution in [1.29, 1.82) is 0 Å². The van der Waals surface area contributed by atoms with E-state index in [0.717, 1.165) is 56.5 Å². The van der Waals surface area contributed by atoms with E-state index >= 15 is 0 Å². The highest BCUT2D eigenvalue weighted by Crippen LogP contribution is 2.18. The lowest BCUT2D eigenvalue weighted by Gasteiger charge is -2.26. The Morgan fingerprint density at radius 1 is 1.44 bits per heavy atom. The van der Waals surface area contributed by atoms with E-state index in [-0.39, 0.29) is 34.6 Å². The summed E-state index contributed by atoms with van der Waals surface area (Å²) >= 11 is 0. The summed E-state index contributed by atoms with van der Waals surface area (Å²) in [4.78, 5) is 16.9. The molecule has 8 heteroatoms. The second-order valence-corrected chi connectivity index (χ2v) is 6.09. The van der Waals surface area contributed by atoms with Crippen LogP contribution in [0.4, 0.5) is 5.69 Å². The van der Waals surface area contributed by atoms with Crippen LogP contribution in [0.1, 0.15) is 24.8 Å². The van der Waals surface area contributed by atoms with Crippen molar-refractivity contribution in [1.82, 2.24) is 10.2 Å². The van der Waals surface area contributed by atoms with Crippen molar-refractivity contribution in [2.24, 2.45) is 10.9 Å². The first kappa shape index (κ1) is 21.6. The van der Waals surface area contributed by atoms with Gasteiger partial charge in [-0.25, -0.2) is 0 Å². The minimum atomic E-state index is -0.377. The van der Waals surface area contributed by atoms with Crippen LogP contribution in [0.2, 0.25) is 0 Å². The van der Waals surface area contributed by atoms with Gasteiger partial charge in [-0.2, -0.15) is 0 Å². The molecule has 0 aromatic heterocycles. The van der Waals surface area contributed by atoms with Gasteiger partial charge in [0.25, 0.3) is 5.69 Å². The van der Waals surface area contributed by atoms with Gasteiger partial charge >= 0.3 is 0 Å². The summed E-state index contributed by atoms with van der Waals surface area (Å²) in [5.74, 6) is 1.52. The molecule has 0 atom stereocenters. The van der Waals surface area contributed by atoms with Gasteiger partial charge in [0.05, 0.1) is 4.92 Å². The van der Waals surface area contributed by atoms with Crippen LogP contribution in [0.5, 0.6) is 0 Å². The maximum absolute atomic E-state index is 10.8. The highest BCUT2D eigenvalue weighted by Gasteiger charge is 2.15. The first-order valence-corrected chi connectivity index (χ1v) is 8.33. The Bertz CT molecular complexity index is 577. The fraction of sp³-hybridized carbons (Fsp3) is 0.588. The second kappa shape index (κ2) is 11.2. The van der Waals surface area contributed by atoms with E-state index in [4.69, 9.17) is 4.74 Å². The lowest BCUT2D eigenvalue weighted by Crippen LogP contribution is -2.39. The Labute approximate surface area is 166 Å². The summed E-state index contributed by atoms with van der Waals surface area (Å²) in [7, 11) is 3.77. The summed E-state index contributed by atoms with van der Waals surface area (Å²) in [5.41, 5.74) is 0.973. The minimum Gasteiger partial charge on any atom is -0.381 e. The van der Waals surface area contributed by atoms with Gasteiger partial charge in [0.15, 0.2) is 5.96 Å². The maximum atomic E-state index is 10.8. The largest absolute Gasteiger partial charge is 0.381 e. The number of aliphatic imine (C=N–C) groups is 1. The first-order chi connectivity index (χ1) is 11.6. The molecular weight excluding hydrogens is 435 g/mol. The Kier molecular flexibility index (Phi) is 9.73. The number of nitro benzene ring substituents is 1. The van der Waals surface area contributed by atoms with E-state index in [9.17, 15) is 10.1 Å². The fourth-order valence-corrected chi connectivity index (χ4v) is 2.86. The number of hydrogen-bond donors (Lipinski definition) is 1. The third kappa shape index (κ3) is 7.15. The normalized spacial score (nSPS) is 15.4. The molecule has 0 saturated carbocycles. The van der Waals surface area contributed by atoms with Gasteiger partial charge in [-0.15, -0.1) is 24.0 Å². The molecule has 140 valence electrons. The molecule has 0 aliphatic carbocycles. The molecular formula is C17H27IN4O3. The van der Waals surface area contributed by atoms with E-state index in [1.54, 1.807) is 19.2 Å². The third-order valence-corrected chi connectivity index (χ3v) is 4.36. The molecule has 2 rings (SSSR count). The molecule has 0 radical (unpaired) electrons. The number of nitrogens with one attached hydrogen (secondary N) is 1. The van der Waals surface area contributed by atoms with Crippen LogP contribution in [0.3, 0.4) is 0 Å². The van der Waals surface area contributed by atoms with E-state index in [2.05, 4.69) is 15.2 Å².